The van der Waals surface area contributed by atoms with Crippen molar-refractivity contribution in [3.8, 4) is 0 Å². The van der Waals surface area contributed by atoms with Crippen molar-refractivity contribution in [2.24, 2.45) is 4.99 Å². The molecular weight excluding hydrogens is 380 g/mol. The topological polar surface area (TPSA) is 39.1 Å². The molecule has 5 nitrogen and oxygen atoms in total. The minimum atomic E-state index is -0.136. The van der Waals surface area contributed by atoms with Gasteiger partial charge in [-0.05, 0) is 54.1 Å². The Morgan fingerprint density at radius 1 is 0.966 bits per heavy atom. The van der Waals surface area contributed by atoms with Crippen LogP contribution in [0.15, 0.2) is 58.4 Å². The van der Waals surface area contributed by atoms with Crippen molar-refractivity contribution < 1.29 is 4.79 Å². The number of hydrogen-bond acceptors (Lipinski definition) is 5. The molecule has 4 rings (SSSR count). The van der Waals surface area contributed by atoms with Crippen molar-refractivity contribution in [1.29, 1.82) is 0 Å². The Morgan fingerprint density at radius 2 is 1.62 bits per heavy atom. The Bertz CT molecular complexity index is 957. The first-order valence-electron chi connectivity index (χ1n) is 9.87. The van der Waals surface area contributed by atoms with E-state index in [2.05, 4.69) is 63.0 Å². The minimum absolute atomic E-state index is 0.136. The highest BCUT2D eigenvalue weighted by Gasteiger charge is 2.28. The molecule has 1 amide bonds. The predicted octanol–water partition coefficient (Wildman–Crippen LogP) is 3.85. The molecule has 0 radical (unpaired) electrons. The molecule has 1 saturated heterocycles. The molecule has 0 unspecified atom stereocenters. The van der Waals surface area contributed by atoms with Gasteiger partial charge in [-0.2, -0.15) is 4.99 Å². The van der Waals surface area contributed by atoms with Crippen LogP contribution < -0.4 is 9.80 Å². The largest absolute Gasteiger partial charge is 0.378 e. The van der Waals surface area contributed by atoms with Crippen molar-refractivity contribution in [3.05, 3.63) is 64.6 Å². The second-order valence-electron chi connectivity index (χ2n) is 7.56. The van der Waals surface area contributed by atoms with E-state index >= 15 is 0 Å². The van der Waals surface area contributed by atoms with E-state index in [9.17, 15) is 4.79 Å². The van der Waals surface area contributed by atoms with Gasteiger partial charge in [-0.15, -0.1) is 0 Å². The van der Waals surface area contributed by atoms with E-state index in [1.165, 1.54) is 23.0 Å². The summed E-state index contributed by atoms with van der Waals surface area (Å²) in [6.07, 6.45) is 1.94. The number of para-hydroxylation sites is 1. The van der Waals surface area contributed by atoms with Crippen molar-refractivity contribution in [2.45, 2.75) is 6.92 Å². The average molecular weight is 407 g/mol. The van der Waals surface area contributed by atoms with Gasteiger partial charge >= 0.3 is 0 Å². The zero-order valence-electron chi connectivity index (χ0n) is 17.1. The third kappa shape index (κ3) is 4.32. The summed E-state index contributed by atoms with van der Waals surface area (Å²) in [5.41, 5.74) is 4.76. The number of carbonyl (C=O) groups is 1. The van der Waals surface area contributed by atoms with E-state index in [1.54, 1.807) is 0 Å². The molecule has 0 saturated carbocycles. The Hall–Kier alpha value is -2.73. The molecule has 1 fully saturated rings. The Morgan fingerprint density at radius 3 is 2.28 bits per heavy atom. The zero-order chi connectivity index (χ0) is 20.4. The molecule has 2 aliphatic rings. The first kappa shape index (κ1) is 19.6. The van der Waals surface area contributed by atoms with Crippen LogP contribution in [-0.4, -0.2) is 56.2 Å². The number of carbonyl (C=O) groups excluding carboxylic acids is 1. The molecular formula is C23H26N4OS. The predicted molar refractivity (Wildman–Crippen MR) is 124 cm³/mol. The number of amidine groups is 1. The number of aryl methyl sites for hydroxylation is 1. The van der Waals surface area contributed by atoms with Crippen LogP contribution in [-0.2, 0) is 4.79 Å². The lowest BCUT2D eigenvalue weighted by molar-refractivity contribution is -0.113. The van der Waals surface area contributed by atoms with E-state index in [0.29, 0.717) is 4.91 Å². The van der Waals surface area contributed by atoms with Crippen molar-refractivity contribution >= 4 is 40.3 Å². The van der Waals surface area contributed by atoms with Crippen LogP contribution in [0.2, 0.25) is 0 Å². The molecule has 2 aromatic carbocycles. The molecule has 0 bridgehead atoms. The van der Waals surface area contributed by atoms with E-state index in [1.807, 2.05) is 32.3 Å². The van der Waals surface area contributed by atoms with Gasteiger partial charge < -0.3 is 14.7 Å². The summed E-state index contributed by atoms with van der Waals surface area (Å²) in [4.78, 5) is 24.1. The van der Waals surface area contributed by atoms with Crippen LogP contribution in [0.25, 0.3) is 6.08 Å². The van der Waals surface area contributed by atoms with Crippen LogP contribution in [0.5, 0.6) is 0 Å². The van der Waals surface area contributed by atoms with Gasteiger partial charge in [0, 0.05) is 51.6 Å². The standard InChI is InChI=1S/C23H26N4OS/c1-17-6-4-5-7-20(17)26-12-14-27(15-13-26)23-24-22(28)21(29-23)16-18-8-10-19(11-9-18)25(2)3/h4-11,16H,12-15H2,1-3H3/b21-16+. The fourth-order valence-electron chi connectivity index (χ4n) is 3.61. The smallest absolute Gasteiger partial charge is 0.286 e. The van der Waals surface area contributed by atoms with Crippen LogP contribution in [0.3, 0.4) is 0 Å². The Kier molecular flexibility index (Phi) is 5.62. The summed E-state index contributed by atoms with van der Waals surface area (Å²) < 4.78 is 0. The van der Waals surface area contributed by atoms with Gasteiger partial charge in [0.05, 0.1) is 4.91 Å². The Balaban J connectivity index is 1.39. The first-order valence-corrected chi connectivity index (χ1v) is 10.7. The van der Waals surface area contributed by atoms with Crippen LogP contribution >= 0.6 is 11.8 Å². The monoisotopic (exact) mass is 406 g/mol. The lowest BCUT2D eigenvalue weighted by Crippen LogP contribution is -2.48. The SMILES string of the molecule is Cc1ccccc1N1CCN(C2=NC(=O)/C(=C\c3ccc(N(C)C)cc3)S2)CC1. The summed E-state index contributed by atoms with van der Waals surface area (Å²) in [6.45, 7) is 5.77. The summed E-state index contributed by atoms with van der Waals surface area (Å²) in [7, 11) is 4.03. The third-order valence-electron chi connectivity index (χ3n) is 5.32. The van der Waals surface area contributed by atoms with Crippen LogP contribution in [0.1, 0.15) is 11.1 Å². The van der Waals surface area contributed by atoms with Gasteiger partial charge in [0.25, 0.3) is 5.91 Å². The highest BCUT2D eigenvalue weighted by Crippen LogP contribution is 2.31. The van der Waals surface area contributed by atoms with Gasteiger partial charge in [-0.25, -0.2) is 0 Å². The summed E-state index contributed by atoms with van der Waals surface area (Å²) in [5.74, 6) is -0.136. The summed E-state index contributed by atoms with van der Waals surface area (Å²) in [6, 6.07) is 16.7. The number of benzene rings is 2. The summed E-state index contributed by atoms with van der Waals surface area (Å²) in [5, 5.41) is 0.829. The number of amides is 1. The van der Waals surface area contributed by atoms with Gasteiger partial charge in [-0.3, -0.25) is 4.79 Å². The summed E-state index contributed by atoms with van der Waals surface area (Å²) >= 11 is 1.49. The van der Waals surface area contributed by atoms with E-state index in [4.69, 9.17) is 0 Å². The third-order valence-corrected chi connectivity index (χ3v) is 6.37. The maximum absolute atomic E-state index is 12.4. The van der Waals surface area contributed by atoms with Crippen molar-refractivity contribution in [1.82, 2.24) is 4.90 Å². The second-order valence-corrected chi connectivity index (χ2v) is 8.57. The molecule has 6 heteroatoms. The lowest BCUT2D eigenvalue weighted by Gasteiger charge is -2.37. The van der Waals surface area contributed by atoms with E-state index in [0.717, 1.165) is 42.6 Å². The number of aliphatic imine (C=N–C) groups is 1. The van der Waals surface area contributed by atoms with Gasteiger partial charge in [-0.1, -0.05) is 30.3 Å². The number of rotatable bonds is 3. The lowest BCUT2D eigenvalue weighted by atomic mass is 10.1. The van der Waals surface area contributed by atoms with Gasteiger partial charge in [0.15, 0.2) is 5.17 Å². The highest BCUT2D eigenvalue weighted by atomic mass is 32.2. The van der Waals surface area contributed by atoms with Crippen LogP contribution in [0, 0.1) is 6.92 Å². The van der Waals surface area contributed by atoms with Gasteiger partial charge in [0.1, 0.15) is 0 Å². The Labute approximate surface area is 176 Å². The van der Waals surface area contributed by atoms with E-state index < -0.39 is 0 Å². The molecule has 0 N–H and O–H groups in total. The molecule has 0 aliphatic carbocycles. The number of anilines is 2. The maximum atomic E-state index is 12.4. The average Bonchev–Trinajstić information content (AvgIpc) is 3.09. The molecule has 2 aromatic rings. The molecule has 2 heterocycles. The molecule has 0 spiro atoms. The van der Waals surface area contributed by atoms with E-state index in [-0.39, 0.29) is 5.91 Å². The number of piperazine rings is 1. The van der Waals surface area contributed by atoms with Crippen molar-refractivity contribution in [2.75, 3.05) is 50.1 Å². The second kappa shape index (κ2) is 8.33. The quantitative estimate of drug-likeness (QED) is 0.724. The number of hydrogen-bond donors (Lipinski definition) is 0. The molecule has 0 aromatic heterocycles. The highest BCUT2D eigenvalue weighted by molar-refractivity contribution is 8.18. The molecule has 150 valence electrons. The van der Waals surface area contributed by atoms with Crippen LogP contribution in [0.4, 0.5) is 11.4 Å². The van der Waals surface area contributed by atoms with Gasteiger partial charge in [0.2, 0.25) is 0 Å². The number of nitrogens with zero attached hydrogens (tertiary/aromatic N) is 4. The zero-order valence-corrected chi connectivity index (χ0v) is 17.9. The van der Waals surface area contributed by atoms with Crippen molar-refractivity contribution in [3.63, 3.8) is 0 Å². The molecule has 29 heavy (non-hydrogen) atoms. The maximum Gasteiger partial charge on any atom is 0.286 e. The fourth-order valence-corrected chi connectivity index (χ4v) is 4.58. The molecule has 0 atom stereocenters. The normalized spacial score (nSPS) is 18.4. The minimum Gasteiger partial charge on any atom is -0.378 e. The fraction of sp³-hybridized carbons (Fsp3) is 0.304. The first-order chi connectivity index (χ1) is 14.0. The number of thioether (sulfide) groups is 1. The molecule has 2 aliphatic heterocycles.